The normalized spacial score (nSPS) is 28.4. The summed E-state index contributed by atoms with van der Waals surface area (Å²) in [7, 11) is 0. The summed E-state index contributed by atoms with van der Waals surface area (Å²) in [6.07, 6.45) is 2.95. The van der Waals surface area contributed by atoms with Gasteiger partial charge >= 0.3 is 5.51 Å². The van der Waals surface area contributed by atoms with Crippen molar-refractivity contribution >= 4 is 11.8 Å². The smallest absolute Gasteiger partial charge is 0.442 e. The second-order valence-corrected chi connectivity index (χ2v) is 5.14. The van der Waals surface area contributed by atoms with Gasteiger partial charge in [-0.05, 0) is 43.7 Å². The summed E-state index contributed by atoms with van der Waals surface area (Å²) in [5.74, 6) is 0.0743. The maximum atomic E-state index is 12.2. The van der Waals surface area contributed by atoms with Crippen LogP contribution in [0.4, 0.5) is 13.2 Å². The Morgan fingerprint density at radius 3 is 2.50 bits per heavy atom. The van der Waals surface area contributed by atoms with Crippen LogP contribution in [0.5, 0.6) is 0 Å². The number of halogens is 3. The van der Waals surface area contributed by atoms with Crippen LogP contribution in [-0.4, -0.2) is 15.4 Å². The number of allylic oxidation sites excluding steroid dienone is 2. The summed E-state index contributed by atoms with van der Waals surface area (Å²) in [4.78, 5) is 0. The average Bonchev–Trinajstić information content (AvgIpc) is 1.94. The van der Waals surface area contributed by atoms with Crippen LogP contribution in [0.3, 0.4) is 0 Å². The third kappa shape index (κ3) is 2.97. The molecule has 0 aromatic heterocycles. The van der Waals surface area contributed by atoms with Gasteiger partial charge in [-0.15, -0.1) is 0 Å². The highest BCUT2D eigenvalue weighted by Crippen LogP contribution is 2.46. The molecule has 0 unspecified atom stereocenters. The van der Waals surface area contributed by atoms with Gasteiger partial charge in [0.05, 0.1) is 0 Å². The van der Waals surface area contributed by atoms with Crippen LogP contribution in [0, 0.1) is 0 Å². The molecule has 0 bridgehead atoms. The number of aliphatic hydroxyl groups excluding tert-OH is 1. The first-order chi connectivity index (χ1) is 6.22. The largest absolute Gasteiger partial charge is 0.508 e. The van der Waals surface area contributed by atoms with Crippen LogP contribution >= 0.6 is 11.8 Å². The summed E-state index contributed by atoms with van der Waals surface area (Å²) in [6, 6.07) is 0. The van der Waals surface area contributed by atoms with E-state index in [0.717, 1.165) is 0 Å². The van der Waals surface area contributed by atoms with E-state index in [4.69, 9.17) is 0 Å². The van der Waals surface area contributed by atoms with Crippen molar-refractivity contribution in [1.29, 1.82) is 0 Å². The molecule has 1 atom stereocenters. The van der Waals surface area contributed by atoms with Crippen LogP contribution in [0.1, 0.15) is 20.3 Å². The lowest BCUT2D eigenvalue weighted by molar-refractivity contribution is -0.0338. The van der Waals surface area contributed by atoms with Crippen molar-refractivity contribution in [2.45, 2.75) is 30.5 Å². The molecule has 1 N–H and O–H groups in total. The van der Waals surface area contributed by atoms with Crippen molar-refractivity contribution in [3.8, 4) is 0 Å². The lowest BCUT2D eigenvalue weighted by Crippen LogP contribution is -2.25. The molecule has 14 heavy (non-hydrogen) atoms. The Kier molecular flexibility index (Phi) is 2.90. The second kappa shape index (κ2) is 3.53. The molecule has 1 nitrogen and oxygen atoms in total. The predicted molar refractivity (Wildman–Crippen MR) is 51.1 cm³/mol. The lowest BCUT2D eigenvalue weighted by Gasteiger charge is -2.29. The number of hydrogen-bond acceptors (Lipinski definition) is 2. The van der Waals surface area contributed by atoms with Crippen LogP contribution in [-0.2, 0) is 0 Å². The summed E-state index contributed by atoms with van der Waals surface area (Å²) in [5.41, 5.74) is -3.65. The molecule has 0 amide bonds. The van der Waals surface area contributed by atoms with E-state index < -0.39 is 10.3 Å². The lowest BCUT2D eigenvalue weighted by atomic mass is 9.95. The third-order valence-electron chi connectivity index (χ3n) is 2.00. The second-order valence-electron chi connectivity index (χ2n) is 3.54. The van der Waals surface area contributed by atoms with E-state index in [1.807, 2.05) is 0 Å². The van der Waals surface area contributed by atoms with Crippen LogP contribution in [0.2, 0.25) is 0 Å². The molecule has 0 saturated carbocycles. The van der Waals surface area contributed by atoms with E-state index in [1.165, 1.54) is 19.1 Å². The molecular weight excluding hydrogens is 213 g/mol. The summed E-state index contributed by atoms with van der Waals surface area (Å²) < 4.78 is 35.5. The Morgan fingerprint density at radius 2 is 2.07 bits per heavy atom. The molecule has 0 radical (unpaired) electrons. The summed E-state index contributed by atoms with van der Waals surface area (Å²) in [5, 5.41) is 9.21. The van der Waals surface area contributed by atoms with E-state index in [2.05, 4.69) is 0 Å². The first kappa shape index (κ1) is 11.5. The van der Waals surface area contributed by atoms with Crippen molar-refractivity contribution in [2.75, 3.05) is 0 Å². The van der Waals surface area contributed by atoms with Gasteiger partial charge < -0.3 is 5.11 Å². The highest BCUT2D eigenvalue weighted by atomic mass is 32.2. The van der Waals surface area contributed by atoms with Crippen molar-refractivity contribution in [3.63, 3.8) is 0 Å². The van der Waals surface area contributed by atoms with Crippen molar-refractivity contribution in [1.82, 2.24) is 0 Å². The molecule has 1 aliphatic carbocycles. The molecule has 80 valence electrons. The van der Waals surface area contributed by atoms with Crippen LogP contribution in [0.15, 0.2) is 23.5 Å². The SMILES string of the molecule is CC1=C(O)C=C[C@@](C)(SC(F)(F)F)C1. The van der Waals surface area contributed by atoms with Gasteiger partial charge in [0.1, 0.15) is 5.76 Å². The number of aliphatic hydroxyl groups is 1. The standard InChI is InChI=1S/C9H11F3OS/c1-6-5-8(2,4-3-7(6)13)14-9(10,11)12/h3-4,13H,5H2,1-2H3/t8-/m1/s1. The average molecular weight is 224 g/mol. The van der Waals surface area contributed by atoms with E-state index >= 15 is 0 Å². The monoisotopic (exact) mass is 224 g/mol. The van der Waals surface area contributed by atoms with Gasteiger partial charge in [-0.25, -0.2) is 0 Å². The minimum atomic E-state index is -4.24. The van der Waals surface area contributed by atoms with E-state index in [1.54, 1.807) is 6.92 Å². The Morgan fingerprint density at radius 1 is 1.50 bits per heavy atom. The minimum absolute atomic E-state index is 0.0463. The molecule has 0 saturated heterocycles. The number of rotatable bonds is 1. The first-order valence-electron chi connectivity index (χ1n) is 4.07. The fraction of sp³-hybridized carbons (Fsp3) is 0.556. The van der Waals surface area contributed by atoms with Crippen LogP contribution in [0.25, 0.3) is 0 Å². The third-order valence-corrected chi connectivity index (χ3v) is 2.97. The van der Waals surface area contributed by atoms with Crippen molar-refractivity contribution < 1.29 is 18.3 Å². The highest BCUT2D eigenvalue weighted by Gasteiger charge is 2.40. The van der Waals surface area contributed by atoms with Gasteiger partial charge in [-0.2, -0.15) is 13.2 Å². The number of alkyl halides is 3. The molecule has 0 aliphatic heterocycles. The molecule has 5 heteroatoms. The van der Waals surface area contributed by atoms with Crippen molar-refractivity contribution in [3.05, 3.63) is 23.5 Å². The highest BCUT2D eigenvalue weighted by molar-refractivity contribution is 8.01. The summed E-state index contributed by atoms with van der Waals surface area (Å²) >= 11 is -0.0463. The van der Waals surface area contributed by atoms with Gasteiger partial charge in [0.15, 0.2) is 0 Å². The molecule has 1 aliphatic rings. The van der Waals surface area contributed by atoms with Crippen molar-refractivity contribution in [2.24, 2.45) is 0 Å². The van der Waals surface area contributed by atoms with Gasteiger partial charge in [0.2, 0.25) is 0 Å². The van der Waals surface area contributed by atoms with E-state index in [9.17, 15) is 18.3 Å². The zero-order valence-electron chi connectivity index (χ0n) is 7.85. The first-order valence-corrected chi connectivity index (χ1v) is 4.88. The molecule has 0 aromatic rings. The molecular formula is C9H11F3OS. The molecule has 1 rings (SSSR count). The zero-order chi connectivity index (χ0) is 11.0. The molecule has 0 heterocycles. The Labute approximate surface area is 84.7 Å². The quantitative estimate of drug-likeness (QED) is 0.731. The zero-order valence-corrected chi connectivity index (χ0v) is 8.67. The Bertz CT molecular complexity index is 293. The molecule has 0 aromatic carbocycles. The topological polar surface area (TPSA) is 20.2 Å². The maximum absolute atomic E-state index is 12.2. The van der Waals surface area contributed by atoms with E-state index in [-0.39, 0.29) is 23.9 Å². The van der Waals surface area contributed by atoms with E-state index in [0.29, 0.717) is 5.57 Å². The van der Waals surface area contributed by atoms with Crippen LogP contribution < -0.4 is 0 Å². The Hall–Kier alpha value is -0.580. The number of thioether (sulfide) groups is 1. The molecule has 0 fully saturated rings. The minimum Gasteiger partial charge on any atom is -0.508 e. The Balaban J connectivity index is 2.77. The summed E-state index contributed by atoms with van der Waals surface area (Å²) in [6.45, 7) is 3.14. The number of hydrogen-bond donors (Lipinski definition) is 1. The fourth-order valence-electron chi connectivity index (χ4n) is 1.41. The molecule has 0 spiro atoms. The van der Waals surface area contributed by atoms with Gasteiger partial charge in [-0.1, -0.05) is 6.08 Å². The maximum Gasteiger partial charge on any atom is 0.442 e. The fourth-order valence-corrected chi connectivity index (χ4v) is 2.36. The van der Waals surface area contributed by atoms with Gasteiger partial charge in [0.25, 0.3) is 0 Å². The van der Waals surface area contributed by atoms with Gasteiger partial charge in [0, 0.05) is 4.75 Å². The predicted octanol–water partition coefficient (Wildman–Crippen LogP) is 3.79. The van der Waals surface area contributed by atoms with Gasteiger partial charge in [-0.3, -0.25) is 0 Å².